The fraction of sp³-hybridized carbons (Fsp3) is 0.500. The summed E-state index contributed by atoms with van der Waals surface area (Å²) < 4.78 is 48.6. The summed E-state index contributed by atoms with van der Waals surface area (Å²) in [6, 6.07) is 10.8. The molecule has 0 aromatic heterocycles. The van der Waals surface area contributed by atoms with Gasteiger partial charge in [0.25, 0.3) is 0 Å². The second-order valence-corrected chi connectivity index (χ2v) is 12.0. The van der Waals surface area contributed by atoms with E-state index in [1.54, 1.807) is 31.2 Å². The first-order chi connectivity index (χ1) is 17.0. The van der Waals surface area contributed by atoms with Gasteiger partial charge in [-0.2, -0.15) is 4.31 Å². The van der Waals surface area contributed by atoms with E-state index < -0.39 is 16.1 Å². The smallest absolute Gasteiger partial charge is 0.247 e. The zero-order chi connectivity index (χ0) is 26.5. The zero-order valence-electron chi connectivity index (χ0n) is 21.7. The van der Waals surface area contributed by atoms with Gasteiger partial charge < -0.3 is 9.84 Å². The number of aliphatic hydroxyl groups is 1. The van der Waals surface area contributed by atoms with Crippen molar-refractivity contribution in [2.75, 3.05) is 26.7 Å². The highest BCUT2D eigenvalue weighted by molar-refractivity contribution is 7.89. The van der Waals surface area contributed by atoms with Crippen LogP contribution in [0.25, 0.3) is 0 Å². The van der Waals surface area contributed by atoms with Gasteiger partial charge in [-0.15, -0.1) is 0 Å². The molecule has 8 heteroatoms. The van der Waals surface area contributed by atoms with E-state index >= 15 is 0 Å². The van der Waals surface area contributed by atoms with Crippen LogP contribution in [0.1, 0.15) is 45.2 Å². The molecule has 36 heavy (non-hydrogen) atoms. The van der Waals surface area contributed by atoms with E-state index in [1.807, 2.05) is 24.9 Å². The van der Waals surface area contributed by atoms with Crippen molar-refractivity contribution in [3.05, 3.63) is 59.4 Å². The van der Waals surface area contributed by atoms with Crippen LogP contribution >= 0.6 is 0 Å². The molecule has 196 valence electrons. The summed E-state index contributed by atoms with van der Waals surface area (Å²) in [6.07, 6.45) is 0.396. The predicted octanol–water partition coefficient (Wildman–Crippen LogP) is 4.12. The van der Waals surface area contributed by atoms with E-state index in [0.717, 1.165) is 12.0 Å². The lowest BCUT2D eigenvalue weighted by Gasteiger charge is -2.37. The van der Waals surface area contributed by atoms with Gasteiger partial charge in [0.05, 0.1) is 6.61 Å². The summed E-state index contributed by atoms with van der Waals surface area (Å²) in [5.74, 6) is 6.50. The molecule has 0 unspecified atom stereocenters. The van der Waals surface area contributed by atoms with E-state index in [2.05, 4.69) is 25.7 Å². The van der Waals surface area contributed by atoms with Gasteiger partial charge in [0.15, 0.2) is 0 Å². The summed E-state index contributed by atoms with van der Waals surface area (Å²) in [4.78, 5) is 2.11. The molecule has 1 N–H and O–H groups in total. The Balaban J connectivity index is 1.96. The van der Waals surface area contributed by atoms with E-state index in [-0.39, 0.29) is 41.6 Å². The molecule has 1 aliphatic rings. The van der Waals surface area contributed by atoms with Crippen LogP contribution in [0.15, 0.2) is 47.4 Å². The van der Waals surface area contributed by atoms with E-state index in [0.29, 0.717) is 24.6 Å². The third-order valence-electron chi connectivity index (χ3n) is 6.24. The van der Waals surface area contributed by atoms with Crippen molar-refractivity contribution in [3.63, 3.8) is 0 Å². The van der Waals surface area contributed by atoms with Gasteiger partial charge >= 0.3 is 0 Å². The fourth-order valence-corrected chi connectivity index (χ4v) is 6.02. The number of fused-ring (bicyclic) bond motifs is 1. The van der Waals surface area contributed by atoms with Gasteiger partial charge in [0, 0.05) is 43.6 Å². The fourth-order valence-electron chi connectivity index (χ4n) is 4.20. The van der Waals surface area contributed by atoms with Crippen molar-refractivity contribution in [2.24, 2.45) is 11.8 Å². The first kappa shape index (κ1) is 28.1. The molecule has 0 fully saturated rings. The molecule has 0 aliphatic carbocycles. The second kappa shape index (κ2) is 12.2. The molecule has 0 saturated heterocycles. The maximum atomic E-state index is 13.7. The Bertz CT molecular complexity index is 1210. The monoisotopic (exact) mass is 516 g/mol. The van der Waals surface area contributed by atoms with Gasteiger partial charge in [-0.25, -0.2) is 12.8 Å². The minimum atomic E-state index is -3.90. The molecule has 0 bridgehead atoms. The van der Waals surface area contributed by atoms with Crippen LogP contribution in [0.5, 0.6) is 5.75 Å². The number of hydrogen-bond donors (Lipinski definition) is 1. The standard InChI is InChI=1S/C28H37FN2O4S/c1-20(2)8-6-9-23-12-13-28-26(15-23)35-27(18-30(5)17-24-10-7-11-25(29)14-24)21(3)16-31(22(4)19-32)36(28,33)34/h7,10-15,20-22,27,32H,8,16-19H2,1-5H3/t21-,22+,27-/m0/s1. The van der Waals surface area contributed by atoms with Crippen molar-refractivity contribution in [1.29, 1.82) is 0 Å². The Morgan fingerprint density at radius 3 is 2.64 bits per heavy atom. The molecule has 0 spiro atoms. The maximum Gasteiger partial charge on any atom is 0.247 e. The van der Waals surface area contributed by atoms with E-state index in [4.69, 9.17) is 4.74 Å². The number of ether oxygens (including phenoxy) is 1. The molecule has 3 atom stereocenters. The number of halogens is 1. The van der Waals surface area contributed by atoms with Crippen LogP contribution in [0.3, 0.4) is 0 Å². The molecular weight excluding hydrogens is 479 g/mol. The summed E-state index contributed by atoms with van der Waals surface area (Å²) >= 11 is 0. The third-order valence-corrected chi connectivity index (χ3v) is 8.26. The maximum absolute atomic E-state index is 13.7. The predicted molar refractivity (Wildman–Crippen MR) is 140 cm³/mol. The lowest BCUT2D eigenvalue weighted by atomic mass is 10.0. The lowest BCUT2D eigenvalue weighted by Crippen LogP contribution is -2.49. The second-order valence-electron chi connectivity index (χ2n) is 10.1. The Morgan fingerprint density at radius 2 is 1.97 bits per heavy atom. The van der Waals surface area contributed by atoms with Crippen LogP contribution in [0.4, 0.5) is 4.39 Å². The number of benzene rings is 2. The van der Waals surface area contributed by atoms with Crippen LogP contribution in [0.2, 0.25) is 0 Å². The number of rotatable bonds is 7. The van der Waals surface area contributed by atoms with Gasteiger partial charge in [-0.1, -0.05) is 44.7 Å². The quantitative estimate of drug-likeness (QED) is 0.561. The molecule has 6 nitrogen and oxygen atoms in total. The Morgan fingerprint density at radius 1 is 1.22 bits per heavy atom. The summed E-state index contributed by atoms with van der Waals surface area (Å²) in [5, 5.41) is 9.80. The highest BCUT2D eigenvalue weighted by Gasteiger charge is 2.38. The molecular formula is C28H37FN2O4S. The Hall–Kier alpha value is -2.44. The molecule has 1 aliphatic heterocycles. The highest BCUT2D eigenvalue weighted by atomic mass is 32.2. The van der Waals surface area contributed by atoms with Crippen LogP contribution in [0, 0.1) is 29.5 Å². The van der Waals surface area contributed by atoms with Crippen LogP contribution in [-0.4, -0.2) is 61.6 Å². The number of hydrogen-bond acceptors (Lipinski definition) is 5. The summed E-state index contributed by atoms with van der Waals surface area (Å²) in [6.45, 7) is 8.77. The zero-order valence-corrected chi connectivity index (χ0v) is 22.6. The number of sulfonamides is 1. The van der Waals surface area contributed by atoms with Crippen molar-refractivity contribution in [3.8, 4) is 17.6 Å². The summed E-state index contributed by atoms with van der Waals surface area (Å²) in [5.41, 5.74) is 1.53. The Labute approximate surface area is 215 Å². The molecule has 0 saturated carbocycles. The van der Waals surface area contributed by atoms with Crippen molar-refractivity contribution in [2.45, 2.75) is 57.7 Å². The van der Waals surface area contributed by atoms with Crippen LogP contribution < -0.4 is 4.74 Å². The van der Waals surface area contributed by atoms with E-state index in [9.17, 15) is 17.9 Å². The minimum absolute atomic E-state index is 0.0712. The number of likely N-dealkylation sites (N-methyl/N-ethyl adjacent to an activating group) is 1. The first-order valence-electron chi connectivity index (χ1n) is 12.4. The van der Waals surface area contributed by atoms with Gasteiger partial charge in [-0.05, 0) is 55.8 Å². The first-order valence-corrected chi connectivity index (χ1v) is 13.8. The van der Waals surface area contributed by atoms with E-state index in [1.165, 1.54) is 16.4 Å². The Kier molecular flexibility index (Phi) is 9.53. The number of nitrogens with zero attached hydrogens (tertiary/aromatic N) is 2. The molecule has 2 aromatic carbocycles. The molecule has 0 amide bonds. The molecule has 0 radical (unpaired) electrons. The van der Waals surface area contributed by atoms with Gasteiger partial charge in [0.1, 0.15) is 22.6 Å². The normalized spacial score (nSPS) is 20.6. The third kappa shape index (κ3) is 7.07. The van der Waals surface area contributed by atoms with Crippen molar-refractivity contribution in [1.82, 2.24) is 9.21 Å². The largest absolute Gasteiger partial charge is 0.487 e. The van der Waals surface area contributed by atoms with Crippen molar-refractivity contribution < 1.29 is 22.7 Å². The molecule has 2 aromatic rings. The minimum Gasteiger partial charge on any atom is -0.487 e. The molecule has 3 rings (SSSR count). The summed E-state index contributed by atoms with van der Waals surface area (Å²) in [7, 11) is -1.97. The SMILES string of the molecule is CC(C)CC#Cc1ccc2c(c1)O[C@@H](CN(C)Cc1cccc(F)c1)[C@@H](C)CN([C@H](C)CO)S2(=O)=O. The topological polar surface area (TPSA) is 70.1 Å². The average molecular weight is 517 g/mol. The van der Waals surface area contributed by atoms with Gasteiger partial charge in [0.2, 0.25) is 10.0 Å². The molecule has 1 heterocycles. The van der Waals surface area contributed by atoms with Crippen LogP contribution in [-0.2, 0) is 16.6 Å². The van der Waals surface area contributed by atoms with Gasteiger partial charge in [-0.3, -0.25) is 4.90 Å². The lowest BCUT2D eigenvalue weighted by molar-refractivity contribution is 0.0733. The number of aliphatic hydroxyl groups excluding tert-OH is 1. The highest BCUT2D eigenvalue weighted by Crippen LogP contribution is 2.34. The van der Waals surface area contributed by atoms with Crippen molar-refractivity contribution >= 4 is 10.0 Å². The average Bonchev–Trinajstić information content (AvgIpc) is 2.80.